The maximum absolute atomic E-state index is 13.8. The van der Waals surface area contributed by atoms with Crippen molar-refractivity contribution >= 4 is 17.7 Å². The number of halogens is 1. The molecule has 1 aliphatic rings. The molecule has 0 heterocycles. The highest BCUT2D eigenvalue weighted by Crippen LogP contribution is 2.34. The Labute approximate surface area is 131 Å². The fourth-order valence-corrected chi connectivity index (χ4v) is 2.81. The molecule has 0 radical (unpaired) electrons. The summed E-state index contributed by atoms with van der Waals surface area (Å²) >= 11 is 0. The van der Waals surface area contributed by atoms with Crippen LogP contribution in [0.15, 0.2) is 48.5 Å². The first kappa shape index (κ1) is 14.7. The second-order valence-electron chi connectivity index (χ2n) is 5.86. The first-order valence-corrected chi connectivity index (χ1v) is 7.57. The van der Waals surface area contributed by atoms with E-state index in [-0.39, 0.29) is 5.82 Å². The van der Waals surface area contributed by atoms with Crippen LogP contribution >= 0.6 is 0 Å². The first-order chi connectivity index (χ1) is 10.6. The molecule has 0 saturated heterocycles. The largest absolute Gasteiger partial charge is 0.309 e. The second kappa shape index (κ2) is 6.29. The quantitative estimate of drug-likeness (QED) is 0.677. The summed E-state index contributed by atoms with van der Waals surface area (Å²) in [5, 5.41) is 0. The van der Waals surface area contributed by atoms with Crippen LogP contribution < -0.4 is 0 Å². The van der Waals surface area contributed by atoms with Gasteiger partial charge in [0.2, 0.25) is 0 Å². The van der Waals surface area contributed by atoms with E-state index in [0.29, 0.717) is 0 Å². The summed E-state index contributed by atoms with van der Waals surface area (Å²) in [6.45, 7) is 0.976. The zero-order valence-corrected chi connectivity index (χ0v) is 13.0. The summed E-state index contributed by atoms with van der Waals surface area (Å²) in [6.07, 6.45) is 7.34. The van der Waals surface area contributed by atoms with Crippen LogP contribution in [0.4, 0.5) is 4.39 Å². The minimum atomic E-state index is -0.190. The molecule has 1 aliphatic carbocycles. The van der Waals surface area contributed by atoms with Crippen molar-refractivity contribution in [3.05, 3.63) is 76.6 Å². The summed E-state index contributed by atoms with van der Waals surface area (Å²) in [4.78, 5) is 2.16. The molecule has 0 atom stereocenters. The molecule has 0 unspecified atom stereocenters. The minimum Gasteiger partial charge on any atom is -0.309 e. The standard InChI is InChI=1S/C20H20FN/c1-22(2)13-5-8-19-18-7-4-3-6-15(18)9-10-16-11-12-17(21)14-20(16)19/h3-4,6-12,14H,5,13H2,1-2H3/b19-8-. The summed E-state index contributed by atoms with van der Waals surface area (Å²) in [5.41, 5.74) is 5.50. The molecule has 2 aromatic rings. The maximum atomic E-state index is 13.8. The van der Waals surface area contributed by atoms with Crippen molar-refractivity contribution in [2.24, 2.45) is 0 Å². The lowest BCUT2D eigenvalue weighted by Crippen LogP contribution is -2.12. The lowest BCUT2D eigenvalue weighted by Gasteiger charge is -2.13. The molecule has 1 nitrogen and oxygen atoms in total. The average Bonchev–Trinajstić information content (AvgIpc) is 2.65. The zero-order valence-electron chi connectivity index (χ0n) is 13.0. The van der Waals surface area contributed by atoms with Crippen molar-refractivity contribution in [1.82, 2.24) is 4.90 Å². The van der Waals surface area contributed by atoms with Crippen LogP contribution in [0.1, 0.15) is 28.7 Å². The molecule has 0 spiro atoms. The third-order valence-corrected chi connectivity index (χ3v) is 3.92. The van der Waals surface area contributed by atoms with E-state index in [1.54, 1.807) is 6.07 Å². The highest BCUT2D eigenvalue weighted by atomic mass is 19.1. The molecule has 0 amide bonds. The van der Waals surface area contributed by atoms with Gasteiger partial charge in [0, 0.05) is 6.54 Å². The molecule has 0 bridgehead atoms. The number of fused-ring (bicyclic) bond motifs is 2. The highest BCUT2D eigenvalue weighted by Gasteiger charge is 2.15. The maximum Gasteiger partial charge on any atom is 0.123 e. The van der Waals surface area contributed by atoms with Crippen LogP contribution in [0.3, 0.4) is 0 Å². The van der Waals surface area contributed by atoms with E-state index in [9.17, 15) is 4.39 Å². The summed E-state index contributed by atoms with van der Waals surface area (Å²) in [5.74, 6) is -0.190. The Balaban J connectivity index is 2.13. The van der Waals surface area contributed by atoms with Gasteiger partial charge in [-0.3, -0.25) is 0 Å². The van der Waals surface area contributed by atoms with Gasteiger partial charge >= 0.3 is 0 Å². The number of hydrogen-bond donors (Lipinski definition) is 0. The molecule has 3 rings (SSSR count). The van der Waals surface area contributed by atoms with Gasteiger partial charge in [0.15, 0.2) is 0 Å². The van der Waals surface area contributed by atoms with E-state index in [1.807, 2.05) is 18.2 Å². The van der Waals surface area contributed by atoms with Gasteiger partial charge < -0.3 is 4.90 Å². The lowest BCUT2D eigenvalue weighted by atomic mass is 9.92. The van der Waals surface area contributed by atoms with E-state index in [2.05, 4.69) is 49.4 Å². The second-order valence-corrected chi connectivity index (χ2v) is 5.86. The Morgan fingerprint density at radius 2 is 1.68 bits per heavy atom. The lowest BCUT2D eigenvalue weighted by molar-refractivity contribution is 0.417. The van der Waals surface area contributed by atoms with Crippen LogP contribution in [0.2, 0.25) is 0 Å². The summed E-state index contributed by atoms with van der Waals surface area (Å²) in [6, 6.07) is 13.3. The van der Waals surface area contributed by atoms with Crippen LogP contribution in [0.25, 0.3) is 17.7 Å². The van der Waals surface area contributed by atoms with Gasteiger partial charge in [-0.1, -0.05) is 48.6 Å². The molecule has 0 aliphatic heterocycles. The van der Waals surface area contributed by atoms with Gasteiger partial charge in [-0.25, -0.2) is 4.39 Å². The fourth-order valence-electron chi connectivity index (χ4n) is 2.81. The van der Waals surface area contributed by atoms with E-state index in [0.717, 1.165) is 29.7 Å². The predicted octanol–water partition coefficient (Wildman–Crippen LogP) is 4.69. The SMILES string of the molecule is CN(C)CC/C=C1/c2ccccc2C=Cc2ccc(F)cc21. The Kier molecular flexibility index (Phi) is 4.21. The van der Waals surface area contributed by atoms with Gasteiger partial charge in [-0.2, -0.15) is 0 Å². The minimum absolute atomic E-state index is 0.190. The molecule has 22 heavy (non-hydrogen) atoms. The third-order valence-electron chi connectivity index (χ3n) is 3.92. The van der Waals surface area contributed by atoms with Crippen molar-refractivity contribution in [2.75, 3.05) is 20.6 Å². The van der Waals surface area contributed by atoms with Crippen LogP contribution in [-0.2, 0) is 0 Å². The van der Waals surface area contributed by atoms with E-state index < -0.39 is 0 Å². The molecule has 0 N–H and O–H groups in total. The Bertz CT molecular complexity index is 741. The van der Waals surface area contributed by atoms with Crippen molar-refractivity contribution in [3.63, 3.8) is 0 Å². The van der Waals surface area contributed by atoms with Crippen LogP contribution in [-0.4, -0.2) is 25.5 Å². The Hall–Kier alpha value is -2.19. The smallest absolute Gasteiger partial charge is 0.123 e. The van der Waals surface area contributed by atoms with Crippen molar-refractivity contribution in [2.45, 2.75) is 6.42 Å². The van der Waals surface area contributed by atoms with Gasteiger partial charge in [0.05, 0.1) is 0 Å². The van der Waals surface area contributed by atoms with E-state index in [4.69, 9.17) is 0 Å². The van der Waals surface area contributed by atoms with Crippen LogP contribution in [0.5, 0.6) is 0 Å². The topological polar surface area (TPSA) is 3.24 Å². The highest BCUT2D eigenvalue weighted by molar-refractivity contribution is 5.93. The summed E-state index contributed by atoms with van der Waals surface area (Å²) in [7, 11) is 4.13. The molecule has 0 saturated carbocycles. The van der Waals surface area contributed by atoms with Gasteiger partial charge in [-0.05, 0) is 60.5 Å². The molecule has 2 aromatic carbocycles. The number of nitrogens with zero attached hydrogens (tertiary/aromatic N) is 1. The van der Waals surface area contributed by atoms with Gasteiger partial charge in [0.25, 0.3) is 0 Å². The molecule has 112 valence electrons. The Morgan fingerprint density at radius 1 is 0.955 bits per heavy atom. The fraction of sp³-hybridized carbons (Fsp3) is 0.200. The molecule has 0 aromatic heterocycles. The molecule has 0 fully saturated rings. The zero-order chi connectivity index (χ0) is 15.5. The van der Waals surface area contributed by atoms with Crippen molar-refractivity contribution in [3.8, 4) is 0 Å². The average molecular weight is 293 g/mol. The van der Waals surface area contributed by atoms with Crippen LogP contribution in [0, 0.1) is 5.82 Å². The summed E-state index contributed by atoms with van der Waals surface area (Å²) < 4.78 is 13.8. The van der Waals surface area contributed by atoms with E-state index in [1.165, 1.54) is 17.2 Å². The van der Waals surface area contributed by atoms with Crippen molar-refractivity contribution in [1.29, 1.82) is 0 Å². The molecular weight excluding hydrogens is 273 g/mol. The first-order valence-electron chi connectivity index (χ1n) is 7.57. The number of rotatable bonds is 3. The third kappa shape index (κ3) is 3.02. The monoisotopic (exact) mass is 293 g/mol. The predicted molar refractivity (Wildman–Crippen MR) is 92.0 cm³/mol. The van der Waals surface area contributed by atoms with Gasteiger partial charge in [-0.15, -0.1) is 0 Å². The normalized spacial score (nSPS) is 14.8. The van der Waals surface area contributed by atoms with Gasteiger partial charge in [0.1, 0.15) is 5.82 Å². The van der Waals surface area contributed by atoms with E-state index >= 15 is 0 Å². The number of hydrogen-bond acceptors (Lipinski definition) is 1. The molecular formula is C20H20FN. The Morgan fingerprint density at radius 3 is 2.45 bits per heavy atom. The van der Waals surface area contributed by atoms with Crippen molar-refractivity contribution < 1.29 is 4.39 Å². The molecule has 2 heteroatoms. The number of benzene rings is 2.